The van der Waals surface area contributed by atoms with Crippen LogP contribution in [0.25, 0.3) is 0 Å². The van der Waals surface area contributed by atoms with Gasteiger partial charge in [0.15, 0.2) is 0 Å². The molecule has 2 nitrogen and oxygen atoms in total. The summed E-state index contributed by atoms with van der Waals surface area (Å²) < 4.78 is 4.91. The Kier molecular flexibility index (Phi) is 2.04. The Morgan fingerprint density at radius 2 is 2.40 bits per heavy atom. The lowest BCUT2D eigenvalue weighted by atomic mass is 10.0. The molecule has 10 heavy (non-hydrogen) atoms. The molecule has 2 unspecified atom stereocenters. The van der Waals surface area contributed by atoms with Gasteiger partial charge in [0.25, 0.3) is 0 Å². The summed E-state index contributed by atoms with van der Waals surface area (Å²) in [5, 5.41) is 0. The number of hydrogen-bond donors (Lipinski definition) is 0. The minimum absolute atomic E-state index is 0.0513. The van der Waals surface area contributed by atoms with Gasteiger partial charge in [-0.25, -0.2) is 0 Å². The van der Waals surface area contributed by atoms with Crippen molar-refractivity contribution in [3.8, 4) is 0 Å². The molecule has 1 rings (SSSR count). The summed E-state index contributed by atoms with van der Waals surface area (Å²) in [5.41, 5.74) is 0. The van der Waals surface area contributed by atoms with Crippen molar-refractivity contribution in [1.82, 2.24) is 0 Å². The molecule has 56 valence electrons. The van der Waals surface area contributed by atoms with E-state index >= 15 is 0 Å². The van der Waals surface area contributed by atoms with Gasteiger partial charge in [-0.2, -0.15) is 0 Å². The molecule has 0 saturated carbocycles. The molecular weight excluding hydrogens is 148 g/mol. The second kappa shape index (κ2) is 2.66. The monoisotopic (exact) mass is 158 g/mol. The molecule has 0 aromatic rings. The number of esters is 1. The standard InChI is InChI=1S/C7H10O2S/c1-4-3-6(5(2)10)7(8)9-4/h4,6H,3H2,1-2H3. The predicted molar refractivity (Wildman–Crippen MR) is 41.9 cm³/mol. The number of thiocarbonyl (C=S) groups is 1. The van der Waals surface area contributed by atoms with Crippen LogP contribution >= 0.6 is 12.2 Å². The van der Waals surface area contributed by atoms with Crippen molar-refractivity contribution < 1.29 is 9.53 Å². The average molecular weight is 158 g/mol. The molecule has 1 heterocycles. The third kappa shape index (κ3) is 1.34. The predicted octanol–water partition coefficient (Wildman–Crippen LogP) is 1.33. The highest BCUT2D eigenvalue weighted by molar-refractivity contribution is 7.80. The highest BCUT2D eigenvalue weighted by atomic mass is 32.1. The van der Waals surface area contributed by atoms with E-state index in [2.05, 4.69) is 0 Å². The van der Waals surface area contributed by atoms with Crippen LogP contribution in [0.3, 0.4) is 0 Å². The van der Waals surface area contributed by atoms with Gasteiger partial charge in [-0.1, -0.05) is 12.2 Å². The number of ether oxygens (including phenoxy) is 1. The molecular formula is C7H10O2S. The van der Waals surface area contributed by atoms with Crippen molar-refractivity contribution in [3.05, 3.63) is 0 Å². The Labute approximate surface area is 65.6 Å². The van der Waals surface area contributed by atoms with Gasteiger partial charge in [-0.15, -0.1) is 0 Å². The highest BCUT2D eigenvalue weighted by Gasteiger charge is 2.32. The Hall–Kier alpha value is -0.440. The van der Waals surface area contributed by atoms with E-state index in [1.54, 1.807) is 6.92 Å². The van der Waals surface area contributed by atoms with E-state index in [0.29, 0.717) is 0 Å². The van der Waals surface area contributed by atoms with E-state index in [-0.39, 0.29) is 18.0 Å². The van der Waals surface area contributed by atoms with Crippen LogP contribution in [0.1, 0.15) is 20.3 Å². The molecule has 0 radical (unpaired) electrons. The van der Waals surface area contributed by atoms with Gasteiger partial charge >= 0.3 is 5.97 Å². The zero-order valence-electron chi connectivity index (χ0n) is 6.09. The maximum Gasteiger partial charge on any atom is 0.314 e. The summed E-state index contributed by atoms with van der Waals surface area (Å²) in [7, 11) is 0. The fourth-order valence-electron chi connectivity index (χ4n) is 1.09. The normalized spacial score (nSPS) is 32.0. The SMILES string of the molecule is CC(=S)C1CC(C)OC1=O. The Morgan fingerprint density at radius 1 is 1.80 bits per heavy atom. The number of rotatable bonds is 1. The third-order valence-electron chi connectivity index (χ3n) is 1.66. The quantitative estimate of drug-likeness (QED) is 0.425. The summed E-state index contributed by atoms with van der Waals surface area (Å²) in [5.74, 6) is -0.273. The smallest absolute Gasteiger partial charge is 0.314 e. The molecule has 2 atom stereocenters. The highest BCUT2D eigenvalue weighted by Crippen LogP contribution is 2.21. The third-order valence-corrected chi connectivity index (χ3v) is 1.94. The molecule has 0 aromatic carbocycles. The molecule has 1 saturated heterocycles. The molecule has 0 bridgehead atoms. The molecule has 0 N–H and O–H groups in total. The van der Waals surface area contributed by atoms with E-state index in [1.165, 1.54) is 0 Å². The van der Waals surface area contributed by atoms with Crippen molar-refractivity contribution in [2.24, 2.45) is 5.92 Å². The maximum absolute atomic E-state index is 10.9. The van der Waals surface area contributed by atoms with E-state index in [0.717, 1.165) is 11.3 Å². The Balaban J connectivity index is 2.63. The van der Waals surface area contributed by atoms with Crippen molar-refractivity contribution in [3.63, 3.8) is 0 Å². The van der Waals surface area contributed by atoms with Crippen LogP contribution in [0.4, 0.5) is 0 Å². The first-order valence-electron chi connectivity index (χ1n) is 3.32. The van der Waals surface area contributed by atoms with Crippen LogP contribution in [0.5, 0.6) is 0 Å². The summed E-state index contributed by atoms with van der Waals surface area (Å²) in [6.45, 7) is 3.68. The summed E-state index contributed by atoms with van der Waals surface area (Å²) >= 11 is 4.88. The van der Waals surface area contributed by atoms with E-state index < -0.39 is 0 Å². The van der Waals surface area contributed by atoms with Crippen LogP contribution in [0.15, 0.2) is 0 Å². The summed E-state index contributed by atoms with van der Waals surface area (Å²) in [6, 6.07) is 0. The molecule has 1 fully saturated rings. The fourth-order valence-corrected chi connectivity index (χ4v) is 1.28. The Bertz CT molecular complexity index is 176. The van der Waals surface area contributed by atoms with Crippen LogP contribution in [-0.2, 0) is 9.53 Å². The van der Waals surface area contributed by atoms with Gasteiger partial charge in [0, 0.05) is 11.3 Å². The lowest BCUT2D eigenvalue weighted by Gasteiger charge is -1.98. The number of carbonyl (C=O) groups excluding carboxylic acids is 1. The van der Waals surface area contributed by atoms with Gasteiger partial charge in [0.2, 0.25) is 0 Å². The van der Waals surface area contributed by atoms with Crippen LogP contribution in [0, 0.1) is 5.92 Å². The van der Waals surface area contributed by atoms with Crippen LogP contribution in [-0.4, -0.2) is 16.9 Å². The van der Waals surface area contributed by atoms with Crippen LogP contribution < -0.4 is 0 Å². The maximum atomic E-state index is 10.9. The van der Waals surface area contributed by atoms with E-state index in [4.69, 9.17) is 17.0 Å². The molecule has 0 spiro atoms. The first-order valence-corrected chi connectivity index (χ1v) is 3.73. The average Bonchev–Trinajstić information content (AvgIpc) is 2.10. The first-order chi connectivity index (χ1) is 4.61. The second-order valence-corrected chi connectivity index (χ2v) is 3.29. The summed E-state index contributed by atoms with van der Waals surface area (Å²) in [6.07, 6.45) is 0.809. The van der Waals surface area contributed by atoms with Gasteiger partial charge in [-0.3, -0.25) is 4.79 Å². The minimum atomic E-state index is -0.153. The number of hydrogen-bond acceptors (Lipinski definition) is 3. The first kappa shape index (κ1) is 7.66. The zero-order valence-corrected chi connectivity index (χ0v) is 6.90. The van der Waals surface area contributed by atoms with Gasteiger partial charge < -0.3 is 4.74 Å². The minimum Gasteiger partial charge on any atom is -0.462 e. The Morgan fingerprint density at radius 3 is 2.60 bits per heavy atom. The molecule has 1 aliphatic rings. The van der Waals surface area contributed by atoms with Crippen molar-refractivity contribution in [1.29, 1.82) is 0 Å². The van der Waals surface area contributed by atoms with E-state index in [9.17, 15) is 4.79 Å². The van der Waals surface area contributed by atoms with Crippen molar-refractivity contribution in [2.75, 3.05) is 0 Å². The molecule has 1 aliphatic heterocycles. The molecule has 0 amide bonds. The lowest BCUT2D eigenvalue weighted by Crippen LogP contribution is -2.14. The lowest BCUT2D eigenvalue weighted by molar-refractivity contribution is -0.142. The van der Waals surface area contributed by atoms with Gasteiger partial charge in [-0.05, 0) is 13.8 Å². The topological polar surface area (TPSA) is 26.3 Å². The van der Waals surface area contributed by atoms with Crippen LogP contribution in [0.2, 0.25) is 0 Å². The van der Waals surface area contributed by atoms with Crippen molar-refractivity contribution in [2.45, 2.75) is 26.4 Å². The van der Waals surface area contributed by atoms with Crippen molar-refractivity contribution >= 4 is 23.1 Å². The summed E-state index contributed by atoms with van der Waals surface area (Å²) in [4.78, 5) is 11.7. The number of cyclic esters (lactones) is 1. The number of carbonyl (C=O) groups is 1. The zero-order chi connectivity index (χ0) is 7.72. The molecule has 0 aliphatic carbocycles. The second-order valence-electron chi connectivity index (χ2n) is 2.65. The molecule has 0 aromatic heterocycles. The van der Waals surface area contributed by atoms with Gasteiger partial charge in [0.1, 0.15) is 6.10 Å². The fraction of sp³-hybridized carbons (Fsp3) is 0.714. The van der Waals surface area contributed by atoms with E-state index in [1.807, 2.05) is 6.92 Å². The van der Waals surface area contributed by atoms with Gasteiger partial charge in [0.05, 0.1) is 5.92 Å². The largest absolute Gasteiger partial charge is 0.462 e. The molecule has 3 heteroatoms.